The Bertz CT molecular complexity index is 694. The van der Waals surface area contributed by atoms with Gasteiger partial charge in [-0.05, 0) is 43.1 Å². The summed E-state index contributed by atoms with van der Waals surface area (Å²) in [7, 11) is 0. The minimum absolute atomic E-state index is 0.244. The molecule has 3 rings (SSSR count). The summed E-state index contributed by atoms with van der Waals surface area (Å²) in [6, 6.07) is 8.89. The van der Waals surface area contributed by atoms with Gasteiger partial charge in [0.25, 0.3) is 0 Å². The van der Waals surface area contributed by atoms with Gasteiger partial charge in [-0.3, -0.25) is 4.98 Å². The predicted molar refractivity (Wildman–Crippen MR) is 90.8 cm³/mol. The van der Waals surface area contributed by atoms with Gasteiger partial charge < -0.3 is 15.7 Å². The van der Waals surface area contributed by atoms with E-state index in [1.165, 1.54) is 12.8 Å². The number of hydrogen-bond acceptors (Lipinski definition) is 4. The van der Waals surface area contributed by atoms with Crippen LogP contribution in [0.1, 0.15) is 30.1 Å². The van der Waals surface area contributed by atoms with Crippen LogP contribution in [0.15, 0.2) is 42.7 Å². The first-order chi connectivity index (χ1) is 11.1. The largest absolute Gasteiger partial charge is 0.478 e. The molecule has 0 spiro atoms. The molecule has 1 aliphatic rings. The van der Waals surface area contributed by atoms with Crippen molar-refractivity contribution in [1.29, 1.82) is 0 Å². The number of aromatic carboxylic acids is 1. The van der Waals surface area contributed by atoms with E-state index in [9.17, 15) is 4.79 Å². The number of pyridine rings is 1. The van der Waals surface area contributed by atoms with Crippen LogP contribution in [0.4, 0.5) is 5.69 Å². The molecule has 0 saturated heterocycles. The van der Waals surface area contributed by atoms with Crippen LogP contribution in [0.25, 0.3) is 11.1 Å². The summed E-state index contributed by atoms with van der Waals surface area (Å²) in [6.07, 6.45) is 6.02. The van der Waals surface area contributed by atoms with Gasteiger partial charge in [0.2, 0.25) is 0 Å². The molecule has 5 heteroatoms. The van der Waals surface area contributed by atoms with E-state index in [4.69, 9.17) is 5.11 Å². The average Bonchev–Trinajstić information content (AvgIpc) is 3.34. The molecule has 0 radical (unpaired) electrons. The van der Waals surface area contributed by atoms with E-state index in [-0.39, 0.29) is 11.1 Å². The highest BCUT2D eigenvalue weighted by Crippen LogP contribution is 2.35. The molecule has 23 heavy (non-hydrogen) atoms. The Morgan fingerprint density at radius 3 is 2.57 bits per heavy atom. The second-order valence-electron chi connectivity index (χ2n) is 6.01. The van der Waals surface area contributed by atoms with Crippen LogP contribution >= 0.6 is 0 Å². The molecule has 5 nitrogen and oxygen atoms in total. The summed E-state index contributed by atoms with van der Waals surface area (Å²) in [5, 5.41) is 15.9. The number of carboxylic acids is 1. The van der Waals surface area contributed by atoms with E-state index >= 15 is 0 Å². The zero-order valence-electron chi connectivity index (χ0n) is 13.2. The fraction of sp³-hybridized carbons (Fsp3) is 0.333. The lowest BCUT2D eigenvalue weighted by atomic mass is 10.1. The number of aromatic nitrogens is 1. The molecule has 1 saturated carbocycles. The van der Waals surface area contributed by atoms with Crippen molar-refractivity contribution in [1.82, 2.24) is 10.3 Å². The lowest BCUT2D eigenvalue weighted by Gasteiger charge is -2.17. The Morgan fingerprint density at radius 1 is 1.22 bits per heavy atom. The molecule has 1 fully saturated rings. The van der Waals surface area contributed by atoms with E-state index < -0.39 is 5.97 Å². The molecule has 0 atom stereocenters. The van der Waals surface area contributed by atoms with Crippen molar-refractivity contribution in [2.24, 2.45) is 0 Å². The fourth-order valence-corrected chi connectivity index (χ4v) is 2.71. The second kappa shape index (κ2) is 6.38. The zero-order chi connectivity index (χ0) is 16.3. The fourth-order valence-electron chi connectivity index (χ4n) is 2.71. The van der Waals surface area contributed by atoms with Crippen molar-refractivity contribution in [3.63, 3.8) is 0 Å². The Labute approximate surface area is 135 Å². The summed E-state index contributed by atoms with van der Waals surface area (Å²) in [5.74, 6) is -0.914. The maximum Gasteiger partial charge on any atom is 0.335 e. The number of rotatable bonds is 7. The molecular weight excluding hydrogens is 290 g/mol. The molecule has 1 heterocycles. The highest BCUT2D eigenvalue weighted by molar-refractivity contribution is 5.88. The summed E-state index contributed by atoms with van der Waals surface area (Å²) in [6.45, 7) is 4.00. The minimum Gasteiger partial charge on any atom is -0.478 e. The summed E-state index contributed by atoms with van der Waals surface area (Å²) in [5.41, 5.74) is 3.44. The molecule has 3 N–H and O–H groups in total. The molecule has 2 aromatic rings. The molecule has 120 valence electrons. The molecule has 0 aliphatic heterocycles. The van der Waals surface area contributed by atoms with Gasteiger partial charge in [-0.25, -0.2) is 4.79 Å². The predicted octanol–water partition coefficient (Wildman–Crippen LogP) is 3.00. The molecule has 0 amide bonds. The van der Waals surface area contributed by atoms with Gasteiger partial charge in [0, 0.05) is 30.0 Å². The number of likely N-dealkylation sites (N-methyl/N-ethyl adjacent to an activating group) is 1. The Hall–Kier alpha value is -2.40. The van der Waals surface area contributed by atoms with E-state index in [1.54, 1.807) is 18.3 Å². The second-order valence-corrected chi connectivity index (χ2v) is 6.01. The van der Waals surface area contributed by atoms with Gasteiger partial charge in [-0.15, -0.1) is 0 Å². The Kier molecular flexibility index (Phi) is 4.30. The summed E-state index contributed by atoms with van der Waals surface area (Å²) >= 11 is 0. The third-order valence-electron chi connectivity index (χ3n) is 4.24. The van der Waals surface area contributed by atoms with Gasteiger partial charge in [-0.1, -0.05) is 19.1 Å². The number of carbonyl (C=O) groups is 1. The molecule has 0 unspecified atom stereocenters. The molecule has 1 aliphatic carbocycles. The monoisotopic (exact) mass is 311 g/mol. The van der Waals surface area contributed by atoms with Gasteiger partial charge >= 0.3 is 5.97 Å². The van der Waals surface area contributed by atoms with E-state index in [0.29, 0.717) is 0 Å². The molecule has 0 bridgehead atoms. The highest BCUT2D eigenvalue weighted by atomic mass is 16.4. The quantitative estimate of drug-likeness (QED) is 0.733. The van der Waals surface area contributed by atoms with E-state index in [2.05, 4.69) is 22.5 Å². The number of carboxylic acid groups (broad SMARTS) is 1. The minimum atomic E-state index is -0.914. The van der Waals surface area contributed by atoms with Gasteiger partial charge in [0.05, 0.1) is 11.3 Å². The first-order valence-electron chi connectivity index (χ1n) is 7.90. The van der Waals surface area contributed by atoms with Crippen molar-refractivity contribution in [2.45, 2.75) is 25.3 Å². The lowest BCUT2D eigenvalue weighted by molar-refractivity contribution is 0.0697. The number of hydrogen-bond donors (Lipinski definition) is 3. The summed E-state index contributed by atoms with van der Waals surface area (Å²) in [4.78, 5) is 15.2. The third-order valence-corrected chi connectivity index (χ3v) is 4.24. The van der Waals surface area contributed by atoms with Gasteiger partial charge in [-0.2, -0.15) is 0 Å². The van der Waals surface area contributed by atoms with Crippen LogP contribution in [-0.2, 0) is 0 Å². The molecular formula is C18H21N3O2. The molecule has 1 aromatic heterocycles. The lowest BCUT2D eigenvalue weighted by Crippen LogP contribution is -2.37. The third kappa shape index (κ3) is 3.68. The van der Waals surface area contributed by atoms with Crippen LogP contribution in [-0.4, -0.2) is 34.7 Å². The van der Waals surface area contributed by atoms with Crippen LogP contribution < -0.4 is 10.6 Å². The van der Waals surface area contributed by atoms with Gasteiger partial charge in [0.1, 0.15) is 0 Å². The average molecular weight is 311 g/mol. The number of anilines is 1. The number of nitrogens with zero attached hydrogens (tertiary/aromatic N) is 1. The smallest absolute Gasteiger partial charge is 0.335 e. The Balaban J connectivity index is 1.71. The van der Waals surface area contributed by atoms with Crippen LogP contribution in [0.2, 0.25) is 0 Å². The van der Waals surface area contributed by atoms with Crippen molar-refractivity contribution < 1.29 is 9.90 Å². The highest BCUT2D eigenvalue weighted by Gasteiger charge is 2.41. The normalized spacial score (nSPS) is 15.2. The van der Waals surface area contributed by atoms with Gasteiger partial charge in [0.15, 0.2) is 0 Å². The Morgan fingerprint density at radius 2 is 1.96 bits per heavy atom. The van der Waals surface area contributed by atoms with E-state index in [1.807, 2.05) is 24.4 Å². The SMILES string of the molecule is CCNC1(CNc2cncc(-c3ccc(C(=O)O)cc3)c2)CC1. The topological polar surface area (TPSA) is 74.2 Å². The van der Waals surface area contributed by atoms with Crippen molar-refractivity contribution in [3.05, 3.63) is 48.3 Å². The van der Waals surface area contributed by atoms with Crippen LogP contribution in [0.5, 0.6) is 0 Å². The maximum absolute atomic E-state index is 10.9. The first-order valence-corrected chi connectivity index (χ1v) is 7.90. The summed E-state index contributed by atoms with van der Waals surface area (Å²) < 4.78 is 0. The van der Waals surface area contributed by atoms with Crippen molar-refractivity contribution in [2.75, 3.05) is 18.4 Å². The number of benzene rings is 1. The van der Waals surface area contributed by atoms with Crippen LogP contribution in [0.3, 0.4) is 0 Å². The zero-order valence-corrected chi connectivity index (χ0v) is 13.2. The maximum atomic E-state index is 10.9. The van der Waals surface area contributed by atoms with Crippen LogP contribution in [0, 0.1) is 0 Å². The number of nitrogens with one attached hydrogen (secondary N) is 2. The molecule has 1 aromatic carbocycles. The standard InChI is InChI=1S/C18H21N3O2/c1-2-21-18(7-8-18)12-20-16-9-15(10-19-11-16)13-3-5-14(6-4-13)17(22)23/h3-6,9-11,20-21H,2,7-8,12H2,1H3,(H,22,23). The van der Waals surface area contributed by atoms with Crippen molar-refractivity contribution >= 4 is 11.7 Å². The van der Waals surface area contributed by atoms with E-state index in [0.717, 1.165) is 29.9 Å². The van der Waals surface area contributed by atoms with Crippen molar-refractivity contribution in [3.8, 4) is 11.1 Å². The first kappa shape index (κ1) is 15.5.